The van der Waals surface area contributed by atoms with Crippen LogP contribution in [0.2, 0.25) is 0 Å². The van der Waals surface area contributed by atoms with Crippen LogP contribution in [0.4, 0.5) is 0 Å². The lowest BCUT2D eigenvalue weighted by Gasteiger charge is -2.18. The monoisotopic (exact) mass is 705 g/mol. The van der Waals surface area contributed by atoms with E-state index in [0.717, 1.165) is 96.6 Å². The molecule has 0 rings (SSSR count). The van der Waals surface area contributed by atoms with E-state index in [1.54, 1.807) is 6.92 Å². The summed E-state index contributed by atoms with van der Waals surface area (Å²) in [5.41, 5.74) is 6.35. The molecule has 0 radical (unpaired) electrons. The predicted octanol–water partition coefficient (Wildman–Crippen LogP) is 9.27. The number of carbonyl (C=O) groups is 3. The van der Waals surface area contributed by atoms with Crippen LogP contribution in [0, 0.1) is 0 Å². The van der Waals surface area contributed by atoms with Gasteiger partial charge < -0.3 is 25.6 Å². The van der Waals surface area contributed by atoms with Gasteiger partial charge >= 0.3 is 0 Å². The third kappa shape index (κ3) is 31.8. The van der Waals surface area contributed by atoms with Gasteiger partial charge in [-0.05, 0) is 64.2 Å². The summed E-state index contributed by atoms with van der Waals surface area (Å²) in [5.74, 6) is 0.564. The Morgan fingerprint density at radius 2 is 1.00 bits per heavy atom. The fourth-order valence-corrected chi connectivity index (χ4v) is 6.33. The van der Waals surface area contributed by atoms with Crippen LogP contribution in [0.15, 0.2) is 25.3 Å². The molecular weight excluding hydrogens is 624 g/mol. The van der Waals surface area contributed by atoms with Crippen molar-refractivity contribution in [1.29, 1.82) is 0 Å². The first-order valence-corrected chi connectivity index (χ1v) is 20.5. The van der Waals surface area contributed by atoms with Crippen molar-refractivity contribution < 1.29 is 19.1 Å². The number of ether oxygens (including phenoxy) is 1. The molecule has 2 atom stereocenters. The summed E-state index contributed by atoms with van der Waals surface area (Å²) >= 11 is 0. The molecule has 0 bridgehead atoms. The topological polar surface area (TPSA) is 105 Å². The maximum Gasteiger partial charge on any atom is 0.222 e. The average molecular weight is 705 g/mol. The second kappa shape index (κ2) is 35.2. The largest absolute Gasteiger partial charge is 0.381 e. The molecule has 0 aromatic carbocycles. The van der Waals surface area contributed by atoms with E-state index >= 15 is 0 Å². The summed E-state index contributed by atoms with van der Waals surface area (Å²) < 4.78 is 5.91. The maximum absolute atomic E-state index is 12.2. The number of hydrogen-bond donors (Lipinski definition) is 2. The first-order valence-electron chi connectivity index (χ1n) is 20.5. The van der Waals surface area contributed by atoms with Crippen LogP contribution < -0.4 is 11.1 Å². The van der Waals surface area contributed by atoms with Crippen LogP contribution in [-0.2, 0) is 19.1 Å². The SMILES string of the molecule is C=CCCCN(C)C(=O)CCCCCCCCCCC(N)CCOCC[C@@H](CCCCCCCCCCC(=O)N(C)CCCC=C)NC(C)=O. The Hall–Kier alpha value is -2.19. The molecule has 8 heteroatoms. The molecule has 292 valence electrons. The molecule has 0 saturated carbocycles. The zero-order valence-electron chi connectivity index (χ0n) is 33.0. The Morgan fingerprint density at radius 3 is 1.44 bits per heavy atom. The minimum atomic E-state index is 0.0315. The molecule has 0 aromatic heterocycles. The first kappa shape index (κ1) is 47.8. The van der Waals surface area contributed by atoms with Crippen molar-refractivity contribution >= 4 is 17.7 Å². The third-order valence-electron chi connectivity index (χ3n) is 9.71. The molecule has 0 aliphatic rings. The van der Waals surface area contributed by atoms with Gasteiger partial charge in [0.15, 0.2) is 0 Å². The Kier molecular flexibility index (Phi) is 33.7. The van der Waals surface area contributed by atoms with E-state index in [4.69, 9.17) is 10.5 Å². The fourth-order valence-electron chi connectivity index (χ4n) is 6.33. The molecule has 50 heavy (non-hydrogen) atoms. The number of unbranched alkanes of at least 4 members (excludes halogenated alkanes) is 16. The van der Waals surface area contributed by atoms with Crippen molar-refractivity contribution in [2.24, 2.45) is 5.73 Å². The molecule has 0 fully saturated rings. The summed E-state index contributed by atoms with van der Waals surface area (Å²) in [7, 11) is 3.81. The van der Waals surface area contributed by atoms with Crippen molar-refractivity contribution in [1.82, 2.24) is 15.1 Å². The van der Waals surface area contributed by atoms with Crippen molar-refractivity contribution in [3.63, 3.8) is 0 Å². The fraction of sp³-hybridized carbons (Fsp3) is 0.833. The van der Waals surface area contributed by atoms with E-state index in [0.29, 0.717) is 26.1 Å². The minimum Gasteiger partial charge on any atom is -0.381 e. The van der Waals surface area contributed by atoms with Crippen LogP contribution in [0.3, 0.4) is 0 Å². The van der Waals surface area contributed by atoms with Crippen LogP contribution in [-0.4, -0.2) is 80.0 Å². The summed E-state index contributed by atoms with van der Waals surface area (Å²) in [6, 6.07) is 0.366. The Morgan fingerprint density at radius 1 is 0.600 bits per heavy atom. The molecule has 0 aliphatic heterocycles. The second-order valence-corrected chi connectivity index (χ2v) is 14.6. The number of nitrogens with zero attached hydrogens (tertiary/aromatic N) is 2. The van der Waals surface area contributed by atoms with Gasteiger partial charge in [0.2, 0.25) is 17.7 Å². The second-order valence-electron chi connectivity index (χ2n) is 14.6. The van der Waals surface area contributed by atoms with Gasteiger partial charge in [-0.1, -0.05) is 102 Å². The van der Waals surface area contributed by atoms with Crippen LogP contribution in [0.25, 0.3) is 0 Å². The Balaban J connectivity index is 3.71. The normalized spacial score (nSPS) is 12.3. The molecule has 8 nitrogen and oxygen atoms in total. The molecule has 1 unspecified atom stereocenters. The molecular formula is C42H80N4O4. The van der Waals surface area contributed by atoms with Crippen molar-refractivity contribution in [2.75, 3.05) is 40.4 Å². The smallest absolute Gasteiger partial charge is 0.222 e. The van der Waals surface area contributed by atoms with Crippen LogP contribution in [0.1, 0.15) is 174 Å². The van der Waals surface area contributed by atoms with Gasteiger partial charge in [-0.15, -0.1) is 13.2 Å². The van der Waals surface area contributed by atoms with Gasteiger partial charge in [0, 0.05) is 72.2 Å². The highest BCUT2D eigenvalue weighted by atomic mass is 16.5. The molecule has 0 aliphatic carbocycles. The lowest BCUT2D eigenvalue weighted by atomic mass is 10.0. The standard InChI is InChI=1S/C42H80N4O4/c1-6-8-26-34-45(4)41(48)30-24-20-16-12-10-14-18-22-28-39(43)32-36-50-37-33-40(44-38(3)47)29-23-19-15-11-13-17-21-25-31-42(49)46(5)35-27-9-7-2/h6-7,39-40H,1-2,8-37,43H2,3-5H3,(H,44,47)/t39?,40-/m1/s1. The van der Waals surface area contributed by atoms with Gasteiger partial charge in [-0.25, -0.2) is 0 Å². The summed E-state index contributed by atoms with van der Waals surface area (Å²) in [5, 5.41) is 3.11. The van der Waals surface area contributed by atoms with E-state index in [1.807, 2.05) is 36.0 Å². The Bertz CT molecular complexity index is 852. The Labute approximate surface area is 308 Å². The molecule has 0 spiro atoms. The summed E-state index contributed by atoms with van der Waals surface area (Å²) in [4.78, 5) is 39.8. The number of nitrogens with two attached hydrogens (primary N) is 1. The van der Waals surface area contributed by atoms with Gasteiger partial charge in [0.25, 0.3) is 0 Å². The molecule has 0 heterocycles. The minimum absolute atomic E-state index is 0.0315. The zero-order valence-corrected chi connectivity index (χ0v) is 33.0. The van der Waals surface area contributed by atoms with Crippen molar-refractivity contribution in [2.45, 2.75) is 186 Å². The summed E-state index contributed by atoms with van der Waals surface area (Å²) in [6.07, 6.45) is 31.7. The summed E-state index contributed by atoms with van der Waals surface area (Å²) in [6.45, 7) is 12.1. The number of allylic oxidation sites excluding steroid dienone is 2. The predicted molar refractivity (Wildman–Crippen MR) is 212 cm³/mol. The lowest BCUT2D eigenvalue weighted by Crippen LogP contribution is -2.34. The van der Waals surface area contributed by atoms with E-state index in [1.165, 1.54) is 70.6 Å². The molecule has 0 saturated heterocycles. The van der Waals surface area contributed by atoms with Gasteiger partial charge in [0.05, 0.1) is 0 Å². The maximum atomic E-state index is 12.2. The van der Waals surface area contributed by atoms with Gasteiger partial charge in [-0.3, -0.25) is 14.4 Å². The highest BCUT2D eigenvalue weighted by Gasteiger charge is 2.11. The van der Waals surface area contributed by atoms with E-state index in [2.05, 4.69) is 18.5 Å². The average Bonchev–Trinajstić information content (AvgIpc) is 3.09. The third-order valence-corrected chi connectivity index (χ3v) is 9.71. The van der Waals surface area contributed by atoms with Gasteiger partial charge in [0.1, 0.15) is 0 Å². The van der Waals surface area contributed by atoms with Crippen LogP contribution in [0.5, 0.6) is 0 Å². The molecule has 3 amide bonds. The number of hydrogen-bond acceptors (Lipinski definition) is 5. The van der Waals surface area contributed by atoms with Crippen molar-refractivity contribution in [3.05, 3.63) is 25.3 Å². The lowest BCUT2D eigenvalue weighted by molar-refractivity contribution is -0.130. The van der Waals surface area contributed by atoms with E-state index in [9.17, 15) is 14.4 Å². The molecule has 0 aromatic rings. The first-order chi connectivity index (χ1) is 24.2. The molecule has 3 N–H and O–H groups in total. The number of carbonyl (C=O) groups excluding carboxylic acids is 3. The highest BCUT2D eigenvalue weighted by molar-refractivity contribution is 5.76. The zero-order chi connectivity index (χ0) is 37.1. The number of rotatable bonds is 37. The van der Waals surface area contributed by atoms with Gasteiger partial charge in [-0.2, -0.15) is 0 Å². The quantitative estimate of drug-likeness (QED) is 0.0496. The number of nitrogens with one attached hydrogen (secondary N) is 1. The van der Waals surface area contributed by atoms with E-state index in [-0.39, 0.29) is 29.8 Å². The highest BCUT2D eigenvalue weighted by Crippen LogP contribution is 2.15. The van der Waals surface area contributed by atoms with Crippen LogP contribution >= 0.6 is 0 Å². The van der Waals surface area contributed by atoms with E-state index < -0.39 is 0 Å². The number of amides is 3. The van der Waals surface area contributed by atoms with Crippen molar-refractivity contribution in [3.8, 4) is 0 Å².